The highest BCUT2D eigenvalue weighted by Crippen LogP contribution is 2.58. The Hall–Kier alpha value is -0.540. The molecule has 170 valence electrons. The number of ether oxygens (including phenoxy) is 1. The largest absolute Gasteiger partial charge is 0.393 e. The molecule has 0 bridgehead atoms. The van der Waals surface area contributed by atoms with Crippen LogP contribution in [0.4, 0.5) is 0 Å². The van der Waals surface area contributed by atoms with Gasteiger partial charge in [-0.3, -0.25) is 13.9 Å². The molecule has 5 rings (SSSR count). The zero-order valence-electron chi connectivity index (χ0n) is 18.6. The molecule has 1 amide bonds. The molecule has 11 unspecified atom stereocenters. The van der Waals surface area contributed by atoms with Crippen LogP contribution in [0.1, 0.15) is 39.0 Å². The van der Waals surface area contributed by atoms with E-state index in [1.54, 1.807) is 14.0 Å². The van der Waals surface area contributed by atoms with E-state index in [0.29, 0.717) is 29.8 Å². The number of carbonyl (C=O) groups excluding carboxylic acids is 1. The normalized spacial score (nSPS) is 51.7. The Bertz CT molecular complexity index is 722. The Morgan fingerprint density at radius 2 is 1.90 bits per heavy atom. The van der Waals surface area contributed by atoms with Crippen molar-refractivity contribution in [2.75, 3.05) is 27.0 Å². The summed E-state index contributed by atoms with van der Waals surface area (Å²) in [6.07, 6.45) is 6.26. The first-order valence-corrected chi connectivity index (χ1v) is 13.2. The number of likely N-dealkylation sites (tertiary alicyclic amines) is 1. The van der Waals surface area contributed by atoms with Crippen LogP contribution in [0.25, 0.3) is 0 Å². The maximum absolute atomic E-state index is 12.9. The van der Waals surface area contributed by atoms with Gasteiger partial charge in [-0.2, -0.15) is 0 Å². The average molecular weight is 440 g/mol. The molecule has 2 N–H and O–H groups in total. The third kappa shape index (κ3) is 3.04. The van der Waals surface area contributed by atoms with Gasteiger partial charge in [-0.05, 0) is 69.4 Å². The Kier molecular flexibility index (Phi) is 5.54. The molecule has 7 nitrogen and oxygen atoms in total. The van der Waals surface area contributed by atoms with Crippen molar-refractivity contribution in [1.29, 1.82) is 0 Å². The zero-order valence-corrected chi connectivity index (χ0v) is 19.4. The smallest absolute Gasteiger partial charge is 0.218 e. The van der Waals surface area contributed by atoms with Crippen LogP contribution in [0.15, 0.2) is 0 Å². The van der Waals surface area contributed by atoms with E-state index in [9.17, 15) is 14.1 Å². The average Bonchev–Trinajstić information content (AvgIpc) is 3.12. The molecule has 2 aliphatic carbocycles. The summed E-state index contributed by atoms with van der Waals surface area (Å²) in [5.41, 5.74) is 0. The summed E-state index contributed by atoms with van der Waals surface area (Å²) in [4.78, 5) is 17.3. The van der Waals surface area contributed by atoms with Gasteiger partial charge in [0, 0.05) is 49.2 Å². The maximum atomic E-state index is 12.9. The quantitative estimate of drug-likeness (QED) is 0.662. The molecule has 0 aromatic heterocycles. The molecule has 5 fully saturated rings. The Morgan fingerprint density at radius 3 is 2.57 bits per heavy atom. The number of piperidine rings is 1. The van der Waals surface area contributed by atoms with Crippen LogP contribution in [0, 0.1) is 23.7 Å². The fraction of sp³-hybridized carbons (Fsp3) is 0.955. The first kappa shape index (κ1) is 21.3. The van der Waals surface area contributed by atoms with Crippen molar-refractivity contribution in [3.8, 4) is 0 Å². The Balaban J connectivity index is 1.61. The minimum absolute atomic E-state index is 0.00201. The number of likely N-dealkylation sites (N-methyl/N-ethyl adjacent to an activating group) is 1. The lowest BCUT2D eigenvalue weighted by molar-refractivity contribution is -0.123. The van der Waals surface area contributed by atoms with Crippen molar-refractivity contribution < 1.29 is 18.8 Å². The van der Waals surface area contributed by atoms with Gasteiger partial charge in [0.15, 0.2) is 0 Å². The van der Waals surface area contributed by atoms with Gasteiger partial charge in [-0.15, -0.1) is 0 Å². The summed E-state index contributed by atoms with van der Waals surface area (Å²) in [5.74, 6) is 1.68. The molecule has 5 aliphatic rings. The maximum Gasteiger partial charge on any atom is 0.218 e. The number of nitrogens with zero attached hydrogens (tertiary/aromatic N) is 2. The van der Waals surface area contributed by atoms with E-state index in [-0.39, 0.29) is 41.5 Å². The van der Waals surface area contributed by atoms with Crippen LogP contribution in [-0.2, 0) is 20.3 Å². The summed E-state index contributed by atoms with van der Waals surface area (Å²) in [7, 11) is 2.99. The third-order valence-corrected chi connectivity index (χ3v) is 10.5. The van der Waals surface area contributed by atoms with Gasteiger partial charge in [0.2, 0.25) is 5.91 Å². The van der Waals surface area contributed by atoms with Crippen molar-refractivity contribution >= 4 is 16.7 Å². The highest BCUT2D eigenvalue weighted by Gasteiger charge is 2.67. The lowest BCUT2D eigenvalue weighted by Crippen LogP contribution is -2.62. The molecule has 0 aromatic rings. The lowest BCUT2D eigenvalue weighted by Gasteiger charge is -2.50. The van der Waals surface area contributed by atoms with Crippen molar-refractivity contribution in [2.24, 2.45) is 23.7 Å². The molecule has 8 heteroatoms. The van der Waals surface area contributed by atoms with Gasteiger partial charge in [0.25, 0.3) is 0 Å². The molecule has 0 spiro atoms. The summed E-state index contributed by atoms with van der Waals surface area (Å²) in [6, 6.07) is 1.05. The van der Waals surface area contributed by atoms with Crippen molar-refractivity contribution in [2.45, 2.75) is 80.8 Å². The van der Waals surface area contributed by atoms with E-state index in [1.807, 2.05) is 6.26 Å². The van der Waals surface area contributed by atoms with E-state index >= 15 is 0 Å². The second-order valence-electron chi connectivity index (χ2n) is 10.4. The summed E-state index contributed by atoms with van der Waals surface area (Å²) < 4.78 is 19.0. The molecule has 3 heterocycles. The zero-order chi connectivity index (χ0) is 21.3. The van der Waals surface area contributed by atoms with Gasteiger partial charge in [0.1, 0.15) is 0 Å². The SMILES string of the molecule is COC1C2C3C(C[C@@H](NC(C)=O)N4C5CCC(O)CC5C(CCN2C)C34)C1S(C)=O. The fourth-order valence-electron chi connectivity index (χ4n) is 8.38. The monoisotopic (exact) mass is 439 g/mol. The molecular weight excluding hydrogens is 402 g/mol. The van der Waals surface area contributed by atoms with Crippen LogP contribution in [-0.4, -0.2) is 93.7 Å². The summed E-state index contributed by atoms with van der Waals surface area (Å²) in [5, 5.41) is 13.7. The Labute approximate surface area is 182 Å². The third-order valence-electron chi connectivity index (χ3n) is 9.12. The first-order chi connectivity index (χ1) is 14.3. The predicted molar refractivity (Wildman–Crippen MR) is 115 cm³/mol. The van der Waals surface area contributed by atoms with E-state index in [0.717, 1.165) is 38.6 Å². The number of hydrogen-bond donors (Lipinski definition) is 2. The molecule has 30 heavy (non-hydrogen) atoms. The first-order valence-electron chi connectivity index (χ1n) is 11.6. The summed E-state index contributed by atoms with van der Waals surface area (Å²) >= 11 is 0. The van der Waals surface area contributed by atoms with Gasteiger partial charge >= 0.3 is 0 Å². The molecule has 0 aromatic carbocycles. The number of hydrogen-bond acceptors (Lipinski definition) is 6. The van der Waals surface area contributed by atoms with Gasteiger partial charge in [-0.1, -0.05) is 0 Å². The second kappa shape index (κ2) is 7.80. The predicted octanol–water partition coefficient (Wildman–Crippen LogP) is 0.395. The number of methoxy groups -OCH3 is 1. The molecular formula is C22H37N3O4S. The van der Waals surface area contributed by atoms with Gasteiger partial charge in [-0.25, -0.2) is 0 Å². The molecule has 12 atom stereocenters. The van der Waals surface area contributed by atoms with Crippen LogP contribution >= 0.6 is 0 Å². The number of aliphatic hydroxyl groups excluding tert-OH is 1. The van der Waals surface area contributed by atoms with Gasteiger partial charge < -0.3 is 20.1 Å². The number of nitrogens with one attached hydrogen (secondary N) is 1. The highest BCUT2D eigenvalue weighted by atomic mass is 32.2. The number of rotatable bonds is 3. The van der Waals surface area contributed by atoms with E-state index < -0.39 is 10.8 Å². The minimum Gasteiger partial charge on any atom is -0.393 e. The molecule has 0 radical (unpaired) electrons. The molecule has 3 saturated heterocycles. The van der Waals surface area contributed by atoms with Crippen molar-refractivity contribution in [1.82, 2.24) is 15.1 Å². The Morgan fingerprint density at radius 1 is 1.13 bits per heavy atom. The number of carbonyl (C=O) groups is 1. The standard InChI is InChI=1S/C22H37N3O4S/c1-11(26)23-17-10-15-18-19-13(14-9-12(27)5-6-16(14)25(17)19)7-8-24(2)20(18)21(29-3)22(15)30(4)28/h12-22,27H,5-10H2,1-4H3,(H,23,26)/t12?,13?,14?,15?,16?,17-,18?,19?,20?,21?,22?,30?/m0/s1. The molecule has 3 aliphatic heterocycles. The number of aliphatic hydroxyl groups is 1. The van der Waals surface area contributed by atoms with E-state index in [2.05, 4.69) is 22.2 Å². The summed E-state index contributed by atoms with van der Waals surface area (Å²) in [6.45, 7) is 2.61. The van der Waals surface area contributed by atoms with Crippen LogP contribution in [0.5, 0.6) is 0 Å². The topological polar surface area (TPSA) is 82.1 Å². The second-order valence-corrected chi connectivity index (χ2v) is 12.0. The van der Waals surface area contributed by atoms with Crippen molar-refractivity contribution in [3.05, 3.63) is 0 Å². The highest BCUT2D eigenvalue weighted by molar-refractivity contribution is 7.85. The number of fused-ring (bicyclic) bond motifs is 3. The number of amides is 1. The van der Waals surface area contributed by atoms with Crippen LogP contribution in [0.3, 0.4) is 0 Å². The van der Waals surface area contributed by atoms with E-state index in [1.165, 1.54) is 0 Å². The van der Waals surface area contributed by atoms with E-state index in [4.69, 9.17) is 4.74 Å². The van der Waals surface area contributed by atoms with Crippen molar-refractivity contribution in [3.63, 3.8) is 0 Å². The van der Waals surface area contributed by atoms with Gasteiger partial charge in [0.05, 0.1) is 23.6 Å². The molecule has 2 saturated carbocycles. The minimum atomic E-state index is -0.986. The van der Waals surface area contributed by atoms with Crippen LogP contribution < -0.4 is 5.32 Å². The lowest BCUT2D eigenvalue weighted by atomic mass is 9.71. The fourth-order valence-corrected chi connectivity index (χ4v) is 9.81. The van der Waals surface area contributed by atoms with Crippen LogP contribution in [0.2, 0.25) is 0 Å².